The summed E-state index contributed by atoms with van der Waals surface area (Å²) in [7, 11) is 1.51. The molecule has 0 aliphatic heterocycles. The van der Waals surface area contributed by atoms with Gasteiger partial charge in [-0.3, -0.25) is 14.9 Å². The van der Waals surface area contributed by atoms with E-state index < -0.39 is 16.5 Å². The Morgan fingerprint density at radius 3 is 2.78 bits per heavy atom. The van der Waals surface area contributed by atoms with Gasteiger partial charge in [0.15, 0.2) is 0 Å². The van der Waals surface area contributed by atoms with Crippen molar-refractivity contribution in [2.75, 3.05) is 37.4 Å². The van der Waals surface area contributed by atoms with Crippen LogP contribution in [0.25, 0.3) is 0 Å². The summed E-state index contributed by atoms with van der Waals surface area (Å²) in [6.45, 7) is 0.697. The van der Waals surface area contributed by atoms with Crippen LogP contribution in [-0.2, 0) is 0 Å². The number of carbonyl (C=O) groups excluding carboxylic acids is 1. The molecule has 1 amide bonds. The number of aliphatic hydroxyl groups is 1. The zero-order valence-electron chi connectivity index (χ0n) is 12.6. The Balaban J connectivity index is 3.29. The van der Waals surface area contributed by atoms with Gasteiger partial charge < -0.3 is 15.3 Å². The number of halogens is 1. The Morgan fingerprint density at radius 1 is 1.57 bits per heavy atom. The van der Waals surface area contributed by atoms with Gasteiger partial charge in [-0.2, -0.15) is 5.26 Å². The average molecular weight is 385 g/mol. The van der Waals surface area contributed by atoms with Crippen LogP contribution >= 0.6 is 15.9 Å². The fourth-order valence-corrected chi connectivity index (χ4v) is 2.14. The zero-order valence-corrected chi connectivity index (χ0v) is 14.2. The van der Waals surface area contributed by atoms with Crippen molar-refractivity contribution in [3.63, 3.8) is 0 Å². The van der Waals surface area contributed by atoms with Crippen molar-refractivity contribution < 1.29 is 14.8 Å². The summed E-state index contributed by atoms with van der Waals surface area (Å²) in [5, 5.41) is 32.7. The van der Waals surface area contributed by atoms with E-state index in [1.165, 1.54) is 18.0 Å². The van der Waals surface area contributed by atoms with Crippen molar-refractivity contribution in [1.82, 2.24) is 4.90 Å². The van der Waals surface area contributed by atoms with Crippen molar-refractivity contribution >= 4 is 33.2 Å². The van der Waals surface area contributed by atoms with Gasteiger partial charge in [-0.05, 0) is 12.5 Å². The molecule has 0 aliphatic carbocycles. The zero-order chi connectivity index (χ0) is 17.4. The molecule has 0 atom stereocenters. The van der Waals surface area contributed by atoms with Crippen LogP contribution in [0.2, 0.25) is 0 Å². The Hall–Kier alpha value is -2.18. The monoisotopic (exact) mass is 384 g/mol. The molecule has 0 heterocycles. The number of nitrogens with zero attached hydrogens (tertiary/aromatic N) is 3. The molecular weight excluding hydrogens is 368 g/mol. The molecular formula is C14H17BrN4O4. The molecule has 0 aromatic heterocycles. The van der Waals surface area contributed by atoms with Gasteiger partial charge in [0.1, 0.15) is 11.6 Å². The van der Waals surface area contributed by atoms with Gasteiger partial charge >= 0.3 is 0 Å². The highest BCUT2D eigenvalue weighted by atomic mass is 79.9. The normalized spacial score (nSPS) is 10.0. The Bertz CT molecular complexity index is 630. The summed E-state index contributed by atoms with van der Waals surface area (Å²) in [6.07, 6.45) is 0.376. The maximum absolute atomic E-state index is 12.4. The van der Waals surface area contributed by atoms with Crippen LogP contribution in [0.4, 0.5) is 11.4 Å². The molecule has 23 heavy (non-hydrogen) atoms. The van der Waals surface area contributed by atoms with Crippen LogP contribution in [0.1, 0.15) is 22.3 Å². The third kappa shape index (κ3) is 4.91. The number of benzene rings is 1. The van der Waals surface area contributed by atoms with Crippen molar-refractivity contribution in [3.8, 4) is 6.07 Å². The minimum Gasteiger partial charge on any atom is -0.396 e. The van der Waals surface area contributed by atoms with Crippen molar-refractivity contribution in [1.29, 1.82) is 5.26 Å². The number of nitrogens with one attached hydrogen (secondary N) is 1. The van der Waals surface area contributed by atoms with Gasteiger partial charge in [0.05, 0.1) is 16.2 Å². The number of aliphatic hydroxyl groups excluding tert-OH is 1. The highest BCUT2D eigenvalue weighted by molar-refractivity contribution is 9.09. The highest BCUT2D eigenvalue weighted by Crippen LogP contribution is 2.28. The molecule has 0 saturated heterocycles. The first-order valence-electron chi connectivity index (χ1n) is 6.85. The molecule has 0 bridgehead atoms. The number of amides is 1. The summed E-state index contributed by atoms with van der Waals surface area (Å²) >= 11 is 3.24. The third-order valence-corrected chi connectivity index (χ3v) is 3.49. The van der Waals surface area contributed by atoms with E-state index >= 15 is 0 Å². The van der Waals surface area contributed by atoms with Gasteiger partial charge in [0, 0.05) is 38.1 Å². The van der Waals surface area contributed by atoms with Gasteiger partial charge in [-0.15, -0.1) is 0 Å². The Kier molecular flexibility index (Phi) is 7.44. The molecule has 124 valence electrons. The Morgan fingerprint density at radius 2 is 2.26 bits per heavy atom. The molecule has 1 rings (SSSR count). The van der Waals surface area contributed by atoms with Crippen molar-refractivity contribution in [2.45, 2.75) is 6.42 Å². The molecule has 1 aromatic rings. The quantitative estimate of drug-likeness (QED) is 0.400. The second-order valence-corrected chi connectivity index (χ2v) is 5.50. The van der Waals surface area contributed by atoms with E-state index in [1.807, 2.05) is 6.07 Å². The van der Waals surface area contributed by atoms with Gasteiger partial charge in [-0.1, -0.05) is 15.9 Å². The minimum atomic E-state index is -0.678. The number of hydrogen-bond donors (Lipinski definition) is 2. The van der Waals surface area contributed by atoms with Gasteiger partial charge in [-0.25, -0.2) is 0 Å². The summed E-state index contributed by atoms with van der Waals surface area (Å²) < 4.78 is 0. The van der Waals surface area contributed by atoms with Crippen LogP contribution in [0.3, 0.4) is 0 Å². The topological polar surface area (TPSA) is 120 Å². The van der Waals surface area contributed by atoms with Crippen LogP contribution < -0.4 is 5.32 Å². The average Bonchev–Trinajstić information content (AvgIpc) is 2.55. The van der Waals surface area contributed by atoms with Crippen LogP contribution in [0, 0.1) is 21.4 Å². The van der Waals surface area contributed by atoms with E-state index in [9.17, 15) is 14.9 Å². The number of nitro benzene ring substituents is 1. The first kappa shape index (κ1) is 18.9. The first-order valence-corrected chi connectivity index (χ1v) is 7.97. The number of nitriles is 1. The number of hydrogen-bond acceptors (Lipinski definition) is 6. The lowest BCUT2D eigenvalue weighted by atomic mass is 10.1. The van der Waals surface area contributed by atoms with Crippen molar-refractivity contribution in [2.24, 2.45) is 0 Å². The fourth-order valence-electron chi connectivity index (χ4n) is 1.95. The lowest BCUT2D eigenvalue weighted by molar-refractivity contribution is -0.385. The smallest absolute Gasteiger partial charge is 0.283 e. The number of alkyl halides is 1. The van der Waals surface area contributed by atoms with Crippen molar-refractivity contribution in [3.05, 3.63) is 33.4 Å². The van der Waals surface area contributed by atoms with Crippen LogP contribution in [0.15, 0.2) is 12.1 Å². The number of anilines is 1. The molecule has 0 spiro atoms. The van der Waals surface area contributed by atoms with Gasteiger partial charge in [0.2, 0.25) is 0 Å². The van der Waals surface area contributed by atoms with E-state index in [-0.39, 0.29) is 24.3 Å². The van der Waals surface area contributed by atoms with E-state index in [2.05, 4.69) is 21.2 Å². The van der Waals surface area contributed by atoms with Crippen LogP contribution in [0.5, 0.6) is 0 Å². The minimum absolute atomic E-state index is 0.0782. The predicted octanol–water partition coefficient (Wildman–Crippen LogP) is 1.73. The SMILES string of the molecule is CN(CCCO)C(=O)c1cc(NCCBr)c(C#N)cc1[N+](=O)[O-]. The molecule has 0 radical (unpaired) electrons. The maximum atomic E-state index is 12.4. The number of nitro groups is 1. The molecule has 8 nitrogen and oxygen atoms in total. The summed E-state index contributed by atoms with van der Waals surface area (Å²) in [4.78, 5) is 24.3. The van der Waals surface area contributed by atoms with E-state index in [0.29, 0.717) is 24.0 Å². The number of carbonyl (C=O) groups is 1. The molecule has 0 saturated carbocycles. The first-order chi connectivity index (χ1) is 11.0. The second kappa shape index (κ2) is 9.07. The summed E-state index contributed by atoms with van der Waals surface area (Å²) in [5.74, 6) is -0.531. The standard InChI is InChI=1S/C14H17BrN4O4/c1-18(5-2-6-20)14(21)11-8-12(17-4-3-15)10(9-16)7-13(11)19(22)23/h7-8,17,20H,2-6H2,1H3. The van der Waals surface area contributed by atoms with Gasteiger partial charge in [0.25, 0.3) is 11.6 Å². The van der Waals surface area contributed by atoms with E-state index in [4.69, 9.17) is 10.4 Å². The molecule has 0 unspecified atom stereocenters. The highest BCUT2D eigenvalue weighted by Gasteiger charge is 2.25. The maximum Gasteiger partial charge on any atom is 0.283 e. The molecule has 9 heteroatoms. The third-order valence-electron chi connectivity index (χ3n) is 3.09. The molecule has 2 N–H and O–H groups in total. The summed E-state index contributed by atoms with van der Waals surface area (Å²) in [6, 6.07) is 4.32. The van der Waals surface area contributed by atoms with E-state index in [0.717, 1.165) is 6.07 Å². The molecule has 0 fully saturated rings. The molecule has 0 aliphatic rings. The van der Waals surface area contributed by atoms with Crippen LogP contribution in [-0.4, -0.2) is 52.9 Å². The second-order valence-electron chi connectivity index (χ2n) is 4.70. The van der Waals surface area contributed by atoms with E-state index in [1.54, 1.807) is 0 Å². The summed E-state index contributed by atoms with van der Waals surface area (Å²) in [5.41, 5.74) is -0.0260. The number of rotatable bonds is 8. The largest absolute Gasteiger partial charge is 0.396 e. The fraction of sp³-hybridized carbons (Fsp3) is 0.429. The molecule has 1 aromatic carbocycles. The lowest BCUT2D eigenvalue weighted by Gasteiger charge is -2.17. The predicted molar refractivity (Wildman–Crippen MR) is 88.8 cm³/mol. The Labute approximate surface area is 142 Å². The lowest BCUT2D eigenvalue weighted by Crippen LogP contribution is -2.29.